The second kappa shape index (κ2) is 5.31. The highest BCUT2D eigenvalue weighted by Crippen LogP contribution is 2.33. The molecule has 2 nitrogen and oxygen atoms in total. The van der Waals surface area contributed by atoms with Crippen LogP contribution < -0.4 is 4.74 Å². The van der Waals surface area contributed by atoms with Crippen LogP contribution in [0.5, 0.6) is 5.75 Å². The molecule has 0 aromatic heterocycles. The number of aliphatic hydroxyl groups excluding tert-OH is 1. The first-order valence-corrected chi connectivity index (χ1v) is 7.49. The van der Waals surface area contributed by atoms with Crippen LogP contribution >= 0.6 is 34.2 Å². The molecule has 2 aromatic carbocycles. The fourth-order valence-corrected chi connectivity index (χ4v) is 3.09. The Morgan fingerprint density at radius 1 is 1.21 bits per heavy atom. The zero-order valence-corrected chi connectivity index (χ0v) is 13.0. The molecule has 0 amide bonds. The zero-order valence-electron chi connectivity index (χ0n) is 10.1. The van der Waals surface area contributed by atoms with Crippen molar-refractivity contribution < 1.29 is 9.84 Å². The summed E-state index contributed by atoms with van der Waals surface area (Å²) in [4.78, 5) is 0. The van der Waals surface area contributed by atoms with Crippen molar-refractivity contribution in [1.29, 1.82) is 0 Å². The Morgan fingerprint density at radius 3 is 2.89 bits per heavy atom. The van der Waals surface area contributed by atoms with Crippen molar-refractivity contribution >= 4 is 34.2 Å². The van der Waals surface area contributed by atoms with E-state index in [1.165, 1.54) is 0 Å². The predicted molar refractivity (Wildman–Crippen MR) is 83.9 cm³/mol. The molecule has 1 atom stereocenters. The molecule has 0 spiro atoms. The summed E-state index contributed by atoms with van der Waals surface area (Å²) in [6.07, 6.45) is 0.249. The Balaban J connectivity index is 1.99. The number of halogens is 2. The highest BCUT2D eigenvalue weighted by molar-refractivity contribution is 14.1. The van der Waals surface area contributed by atoms with Crippen molar-refractivity contribution in [3.05, 3.63) is 61.7 Å². The SMILES string of the molecule is OC(c1ccc2c(c1)CCO2)c1cc(Cl)ccc1I. The van der Waals surface area contributed by atoms with Gasteiger partial charge in [0.05, 0.1) is 6.61 Å². The summed E-state index contributed by atoms with van der Waals surface area (Å²) in [6, 6.07) is 11.4. The maximum absolute atomic E-state index is 10.5. The third-order valence-electron chi connectivity index (χ3n) is 3.28. The van der Waals surface area contributed by atoms with Crippen LogP contribution in [0.4, 0.5) is 0 Å². The maximum atomic E-state index is 10.5. The number of rotatable bonds is 2. The third-order valence-corrected chi connectivity index (χ3v) is 4.50. The number of fused-ring (bicyclic) bond motifs is 1. The lowest BCUT2D eigenvalue weighted by molar-refractivity contribution is 0.219. The zero-order chi connectivity index (χ0) is 13.4. The van der Waals surface area contributed by atoms with Gasteiger partial charge >= 0.3 is 0 Å². The lowest BCUT2D eigenvalue weighted by atomic mass is 9.99. The molecule has 19 heavy (non-hydrogen) atoms. The van der Waals surface area contributed by atoms with E-state index in [0.717, 1.165) is 39.0 Å². The Labute approximate surface area is 130 Å². The van der Waals surface area contributed by atoms with Crippen LogP contribution in [0, 0.1) is 3.57 Å². The van der Waals surface area contributed by atoms with Gasteiger partial charge in [-0.05, 0) is 69.6 Å². The molecular formula is C15H12ClIO2. The van der Waals surface area contributed by atoms with Crippen LogP contribution in [-0.2, 0) is 6.42 Å². The number of benzene rings is 2. The van der Waals surface area contributed by atoms with Gasteiger partial charge in [-0.2, -0.15) is 0 Å². The largest absolute Gasteiger partial charge is 0.493 e. The van der Waals surface area contributed by atoms with E-state index in [9.17, 15) is 5.11 Å². The molecular weight excluding hydrogens is 375 g/mol. The second-order valence-electron chi connectivity index (χ2n) is 4.53. The van der Waals surface area contributed by atoms with Gasteiger partial charge in [0.2, 0.25) is 0 Å². The van der Waals surface area contributed by atoms with Gasteiger partial charge in [0, 0.05) is 15.0 Å². The van der Waals surface area contributed by atoms with Gasteiger partial charge in [0.25, 0.3) is 0 Å². The van der Waals surface area contributed by atoms with Crippen LogP contribution in [0.25, 0.3) is 0 Å². The first-order valence-electron chi connectivity index (χ1n) is 6.04. The minimum absolute atomic E-state index is 0.638. The van der Waals surface area contributed by atoms with Crippen LogP contribution in [0.2, 0.25) is 5.02 Å². The fourth-order valence-electron chi connectivity index (χ4n) is 2.28. The van der Waals surface area contributed by atoms with E-state index < -0.39 is 6.10 Å². The van der Waals surface area contributed by atoms with Gasteiger partial charge in [-0.25, -0.2) is 0 Å². The van der Waals surface area contributed by atoms with E-state index >= 15 is 0 Å². The van der Waals surface area contributed by atoms with E-state index in [2.05, 4.69) is 22.6 Å². The molecule has 1 aliphatic rings. The quantitative estimate of drug-likeness (QED) is 0.792. The molecule has 0 bridgehead atoms. The average molecular weight is 387 g/mol. The van der Waals surface area contributed by atoms with E-state index in [0.29, 0.717) is 5.02 Å². The van der Waals surface area contributed by atoms with E-state index in [1.54, 1.807) is 0 Å². The summed E-state index contributed by atoms with van der Waals surface area (Å²) in [5.41, 5.74) is 2.88. The predicted octanol–water partition coefficient (Wildman–Crippen LogP) is 3.96. The Kier molecular flexibility index (Phi) is 3.69. The molecule has 1 unspecified atom stereocenters. The molecule has 4 heteroatoms. The number of ether oxygens (including phenoxy) is 1. The second-order valence-corrected chi connectivity index (χ2v) is 6.13. The number of hydrogen-bond donors (Lipinski definition) is 1. The summed E-state index contributed by atoms with van der Waals surface area (Å²) >= 11 is 8.22. The first kappa shape index (κ1) is 13.2. The Bertz CT molecular complexity index is 628. The molecule has 0 saturated heterocycles. The lowest BCUT2D eigenvalue weighted by Gasteiger charge is -2.14. The summed E-state index contributed by atoms with van der Waals surface area (Å²) in [6.45, 7) is 0.726. The van der Waals surface area contributed by atoms with Crippen molar-refractivity contribution in [3.63, 3.8) is 0 Å². The highest BCUT2D eigenvalue weighted by Gasteiger charge is 2.18. The molecule has 0 saturated carbocycles. The molecule has 0 aliphatic carbocycles. The van der Waals surface area contributed by atoms with Crippen molar-refractivity contribution in [2.24, 2.45) is 0 Å². The summed E-state index contributed by atoms with van der Waals surface area (Å²) < 4.78 is 6.48. The van der Waals surface area contributed by atoms with Gasteiger partial charge in [-0.15, -0.1) is 0 Å². The topological polar surface area (TPSA) is 29.5 Å². The van der Waals surface area contributed by atoms with Gasteiger partial charge in [-0.3, -0.25) is 0 Å². The standard InChI is InChI=1S/C15H12ClIO2/c16-11-2-3-13(17)12(8-11)15(18)10-1-4-14-9(7-10)5-6-19-14/h1-4,7-8,15,18H,5-6H2. The summed E-state index contributed by atoms with van der Waals surface area (Å²) in [5, 5.41) is 11.2. The average Bonchev–Trinajstić information content (AvgIpc) is 2.88. The van der Waals surface area contributed by atoms with E-state index in [4.69, 9.17) is 16.3 Å². The Hall–Kier alpha value is -0.780. The van der Waals surface area contributed by atoms with Crippen molar-refractivity contribution in [1.82, 2.24) is 0 Å². The number of hydrogen-bond acceptors (Lipinski definition) is 2. The Morgan fingerprint density at radius 2 is 2.05 bits per heavy atom. The van der Waals surface area contributed by atoms with Crippen LogP contribution in [0.3, 0.4) is 0 Å². The van der Waals surface area contributed by atoms with Gasteiger partial charge in [0.15, 0.2) is 0 Å². The molecule has 98 valence electrons. The van der Waals surface area contributed by atoms with Crippen molar-refractivity contribution in [3.8, 4) is 5.75 Å². The van der Waals surface area contributed by atoms with Crippen molar-refractivity contribution in [2.45, 2.75) is 12.5 Å². The van der Waals surface area contributed by atoms with Crippen LogP contribution in [0.1, 0.15) is 22.8 Å². The maximum Gasteiger partial charge on any atom is 0.122 e. The van der Waals surface area contributed by atoms with Gasteiger partial charge in [-0.1, -0.05) is 17.7 Å². The smallest absolute Gasteiger partial charge is 0.122 e. The third kappa shape index (κ3) is 2.59. The minimum atomic E-state index is -0.656. The molecule has 1 heterocycles. The summed E-state index contributed by atoms with van der Waals surface area (Å²) in [5.74, 6) is 0.928. The minimum Gasteiger partial charge on any atom is -0.493 e. The van der Waals surface area contributed by atoms with Crippen LogP contribution in [0.15, 0.2) is 36.4 Å². The molecule has 1 aliphatic heterocycles. The van der Waals surface area contributed by atoms with E-state index in [-0.39, 0.29) is 0 Å². The van der Waals surface area contributed by atoms with Gasteiger partial charge < -0.3 is 9.84 Å². The molecule has 0 fully saturated rings. The first-order chi connectivity index (χ1) is 9.15. The fraction of sp³-hybridized carbons (Fsp3) is 0.200. The molecule has 2 aromatic rings. The van der Waals surface area contributed by atoms with Gasteiger partial charge in [0.1, 0.15) is 11.9 Å². The molecule has 0 radical (unpaired) electrons. The number of aliphatic hydroxyl groups is 1. The van der Waals surface area contributed by atoms with Crippen molar-refractivity contribution in [2.75, 3.05) is 6.61 Å². The highest BCUT2D eigenvalue weighted by atomic mass is 127. The van der Waals surface area contributed by atoms with E-state index in [1.807, 2.05) is 36.4 Å². The lowest BCUT2D eigenvalue weighted by Crippen LogP contribution is -2.02. The molecule has 1 N–H and O–H groups in total. The summed E-state index contributed by atoms with van der Waals surface area (Å²) in [7, 11) is 0. The molecule has 3 rings (SSSR count). The monoisotopic (exact) mass is 386 g/mol. The normalized spacial score (nSPS) is 14.9. The van der Waals surface area contributed by atoms with Crippen LogP contribution in [-0.4, -0.2) is 11.7 Å².